The summed E-state index contributed by atoms with van der Waals surface area (Å²) in [6.07, 6.45) is 0. The first-order chi connectivity index (χ1) is 39.0. The fourth-order valence-electron chi connectivity index (χ4n) is 7.21. The normalized spacial score (nSPS) is 11.1. The van der Waals surface area contributed by atoms with Gasteiger partial charge in [-0.3, -0.25) is 27.8 Å². The largest absolute Gasteiger partial charge is 2.00 e. The van der Waals surface area contributed by atoms with E-state index >= 15 is 0 Å². The van der Waals surface area contributed by atoms with Gasteiger partial charge in [0.25, 0.3) is 52.4 Å². The fourth-order valence-corrected chi connectivity index (χ4v) is 9.64. The van der Waals surface area contributed by atoms with E-state index in [4.69, 9.17) is 49.6 Å². The molecule has 0 aliphatic carbocycles. The molecular weight excluding hydrogens is 1380 g/mol. The fraction of sp³-hybridized carbons (Fsp3) is 0.0851. The van der Waals surface area contributed by atoms with Crippen LogP contribution in [0.2, 0.25) is 0 Å². The number of aliphatic carboxylic acids is 2. The van der Waals surface area contributed by atoms with Crippen LogP contribution in [0.3, 0.4) is 0 Å². The molecule has 8 aromatic rings. The molecule has 10 rings (SSSR count). The van der Waals surface area contributed by atoms with Crippen molar-refractivity contribution in [3.63, 3.8) is 0 Å². The summed E-state index contributed by atoms with van der Waals surface area (Å²) in [5.74, 6) is -5.08. The molecule has 0 fully saturated rings. The number of aromatic carboxylic acids is 2. The predicted octanol–water partition coefficient (Wildman–Crippen LogP) is 5.10. The number of carbonyl (C=O) groups is 5. The van der Waals surface area contributed by atoms with E-state index in [2.05, 4.69) is 55.7 Å². The number of fused-ring (bicyclic) bond motifs is 20. The van der Waals surface area contributed by atoms with Crippen LogP contribution in [-0.4, -0.2) is 137 Å². The van der Waals surface area contributed by atoms with Crippen LogP contribution in [0.4, 0.5) is 4.79 Å². The minimum Gasteiger partial charge on any atom is -0.481 e. The summed E-state index contributed by atoms with van der Waals surface area (Å²) in [7, 11) is -18.7. The number of primary amides is 2. The van der Waals surface area contributed by atoms with Crippen molar-refractivity contribution in [3.8, 4) is 45.6 Å². The van der Waals surface area contributed by atoms with Crippen LogP contribution in [0.25, 0.3) is 89.7 Å². The zero-order chi connectivity index (χ0) is 62.6. The van der Waals surface area contributed by atoms with E-state index in [1.54, 1.807) is 18.2 Å². The summed E-state index contributed by atoms with van der Waals surface area (Å²) in [4.78, 5) is 83.4. The summed E-state index contributed by atoms with van der Waals surface area (Å²) < 4.78 is 137. The maximum absolute atomic E-state index is 12.2. The topological polar surface area (TPSA) is 580 Å². The number of aromatic nitrogens is 8. The summed E-state index contributed by atoms with van der Waals surface area (Å²) >= 11 is 0.652. The first kappa shape index (κ1) is 75.8. The number of rotatable bonds is 9. The van der Waals surface area contributed by atoms with Gasteiger partial charge < -0.3 is 61.8 Å². The third-order valence-electron chi connectivity index (χ3n) is 10.4. The zero-order valence-electron chi connectivity index (χ0n) is 43.0. The number of hydrogen-bond acceptors (Lipinski definition) is 23. The van der Waals surface area contributed by atoms with Gasteiger partial charge in [-0.1, -0.05) is 44.2 Å². The van der Waals surface area contributed by atoms with E-state index < -0.39 is 101 Å². The SMILES string of the molecule is C.C.CC(=O)O.CC(=O)O.NC(N)=O.O=C(O)c1ccc(S(=O)(=O)O)cc1C(=O)O.O=S(=O)(O)c1ccc2c(c1)-c1nc-2nc2[n-]c(nc3nc(nc4[n-]c(n1)c1ccc(SOOO)cc41)-c1ccc(S(=O)(=O)O)cc1-3)c1ccc(S(=O)(=O)O)cc21.[Zn+2].[Zn]. The molecule has 34 nitrogen and oxygen atoms in total. The van der Waals surface area contributed by atoms with Crippen molar-refractivity contribution in [2.24, 2.45) is 11.5 Å². The monoisotopic (exact) mass is 1420 g/mol. The first-order valence-electron chi connectivity index (χ1n) is 21.9. The molecule has 88 heavy (non-hydrogen) atoms. The van der Waals surface area contributed by atoms with E-state index in [1.165, 1.54) is 18.2 Å². The van der Waals surface area contributed by atoms with Gasteiger partial charge in [-0.25, -0.2) is 29.6 Å². The van der Waals surface area contributed by atoms with Gasteiger partial charge in [-0.15, -0.1) is 4.33 Å². The molecule has 458 valence electrons. The summed E-state index contributed by atoms with van der Waals surface area (Å²) in [5.41, 5.74) is 7.76. The Kier molecular flexibility index (Phi) is 25.9. The molecule has 8 bridgehead atoms. The van der Waals surface area contributed by atoms with E-state index in [0.29, 0.717) is 33.8 Å². The molecule has 0 unspecified atom stereocenters. The molecule has 2 aliphatic rings. The summed E-state index contributed by atoms with van der Waals surface area (Å²) in [6, 6.07) is 16.9. The summed E-state index contributed by atoms with van der Waals surface area (Å²) in [6.45, 7) is 2.17. The number of carboxylic acid groups (broad SMARTS) is 4. The van der Waals surface area contributed by atoms with E-state index in [0.717, 1.165) is 62.4 Å². The Morgan fingerprint density at radius 1 is 0.455 bits per heavy atom. The van der Waals surface area contributed by atoms with Gasteiger partial charge in [0.05, 0.1) is 66.0 Å². The van der Waals surface area contributed by atoms with Crippen LogP contribution in [0, 0.1) is 0 Å². The Bertz CT molecular complexity index is 4650. The van der Waals surface area contributed by atoms with Crippen molar-refractivity contribution in [2.45, 2.75) is 53.2 Å². The van der Waals surface area contributed by atoms with Crippen molar-refractivity contribution in [3.05, 3.63) is 102 Å². The minimum atomic E-state index is -4.73. The smallest absolute Gasteiger partial charge is 0.481 e. The Hall–Kier alpha value is -8.27. The number of carbonyl (C=O) groups excluding carboxylic acids is 1. The van der Waals surface area contributed by atoms with Crippen LogP contribution in [0.15, 0.2) is 115 Å². The molecule has 41 heteroatoms. The molecule has 5 aromatic carbocycles. The number of amides is 2. The van der Waals surface area contributed by atoms with E-state index in [-0.39, 0.29) is 133 Å². The molecule has 3 aromatic heterocycles. The maximum atomic E-state index is 12.2. The van der Waals surface area contributed by atoms with Crippen molar-refractivity contribution >= 4 is 127 Å². The van der Waals surface area contributed by atoms with Crippen molar-refractivity contribution in [1.82, 2.24) is 39.9 Å². The van der Waals surface area contributed by atoms with Gasteiger partial charge >= 0.3 is 37.4 Å². The van der Waals surface area contributed by atoms with Crippen molar-refractivity contribution < 1.29 is 150 Å². The Morgan fingerprint density at radius 2 is 0.761 bits per heavy atom. The number of nitrogens with two attached hydrogens (primary N) is 2. The molecule has 0 atom stereocenters. The molecule has 2 aliphatic heterocycles. The van der Waals surface area contributed by atoms with Gasteiger partial charge in [0.15, 0.2) is 0 Å². The average Bonchev–Trinajstić information content (AvgIpc) is 2.37. The van der Waals surface area contributed by atoms with Gasteiger partial charge in [-0.05, 0) is 88.3 Å². The van der Waals surface area contributed by atoms with E-state index in [9.17, 15) is 56.9 Å². The Balaban J connectivity index is 0.000000691. The molecule has 0 saturated carbocycles. The third kappa shape index (κ3) is 18.6. The maximum Gasteiger partial charge on any atom is 2.00 e. The number of hydrogen-bond donors (Lipinski definition) is 11. The van der Waals surface area contributed by atoms with Crippen molar-refractivity contribution in [2.75, 3.05) is 0 Å². The summed E-state index contributed by atoms with van der Waals surface area (Å²) in [5, 5.41) is 45.6. The predicted molar refractivity (Wildman–Crippen MR) is 298 cm³/mol. The van der Waals surface area contributed by atoms with Crippen LogP contribution in [0.5, 0.6) is 0 Å². The molecular formula is C47H42N10O24S5Zn2. The Morgan fingerprint density at radius 3 is 1.12 bits per heavy atom. The molecule has 0 spiro atoms. The molecule has 0 radical (unpaired) electrons. The molecule has 13 N–H and O–H groups in total. The van der Waals surface area contributed by atoms with E-state index in [1.807, 2.05) is 0 Å². The zero-order valence-corrected chi connectivity index (χ0v) is 53.0. The molecule has 2 amide bonds. The van der Waals surface area contributed by atoms with Crippen LogP contribution in [0.1, 0.15) is 49.4 Å². The second-order valence-electron chi connectivity index (χ2n) is 16.2. The van der Waals surface area contributed by atoms with Gasteiger partial charge in [0.1, 0.15) is 0 Å². The van der Waals surface area contributed by atoms with Crippen LogP contribution in [-0.2, 0) is 98.4 Å². The molecule has 0 saturated heterocycles. The average molecular weight is 1420 g/mol. The number of nitrogens with zero attached hydrogens (tertiary/aromatic N) is 8. The third-order valence-corrected chi connectivity index (χ3v) is 14.4. The quantitative estimate of drug-likeness (QED) is 0.0294. The second-order valence-corrected chi connectivity index (χ2v) is 22.7. The van der Waals surface area contributed by atoms with Crippen LogP contribution >= 0.6 is 12.0 Å². The number of carboxylic acids is 4. The Labute approximate surface area is 525 Å². The second kappa shape index (κ2) is 30.1. The molecule has 5 heterocycles. The standard InChI is InChI=1S/C32H16N8O12S4.C8H6O7S.2C2H4O2.CH4N2O.2CH4.2Zn/c41-51-52-53-13-1-5-17-21(9-13)29-33-25(17)35-30-23-11-15(55(45,46)47)3-7-19(23)27(37-30)39-32-24-12-16(56(48,49)50)4-8-20(24)28(40-32)38-31-22-10-14(54(42,43)44)2-6-18(22)26(34-29)36-31;9-7(10)5-2-1-4(16(13,14)15)3-6(5)8(11)12;2*1-2(3)4;2-1(3)4;;;;/h1-12H,(H4-2,33,34,35,36,37,38,39,40,41,42,43,44,45,46,47,48,49,50);1-3H,(H,9,10)(H,11,12)(H,13,14,15);2*1H3,(H,3,4);(H4,2,3,4);2*1H4;;/q-2;;;;;;;;+2. The van der Waals surface area contributed by atoms with Crippen molar-refractivity contribution in [1.29, 1.82) is 0 Å². The van der Waals surface area contributed by atoms with Gasteiger partial charge in [0, 0.05) is 83.1 Å². The number of benzene rings is 5. The minimum absolute atomic E-state index is 0. The number of urea groups is 1. The van der Waals surface area contributed by atoms with Gasteiger partial charge in [-0.2, -0.15) is 33.7 Å². The van der Waals surface area contributed by atoms with Crippen LogP contribution < -0.4 is 21.4 Å². The first-order valence-corrected chi connectivity index (χ1v) is 28.4. The van der Waals surface area contributed by atoms with Gasteiger partial charge in [0.2, 0.25) is 0 Å².